The largest absolute Gasteiger partial charge is 0.367 e. The molecule has 0 fully saturated rings. The molecular formula is C4H6Br2Cl2O2. The Morgan fingerprint density at radius 1 is 1.10 bits per heavy atom. The van der Waals surface area contributed by atoms with Gasteiger partial charge >= 0.3 is 0 Å². The number of hydrogen-bond donors (Lipinski definition) is 2. The quantitative estimate of drug-likeness (QED) is 0.614. The van der Waals surface area contributed by atoms with Crippen LogP contribution in [0.2, 0.25) is 0 Å². The zero-order valence-corrected chi connectivity index (χ0v) is 9.40. The van der Waals surface area contributed by atoms with Crippen molar-refractivity contribution in [2.24, 2.45) is 0 Å². The van der Waals surface area contributed by atoms with E-state index in [4.69, 9.17) is 33.4 Å². The standard InChI is InChI=1S/C4H6Br2Cl2O2/c5-1(3(6)8)2(7)4(9)10/h1-4,9-10H. The van der Waals surface area contributed by atoms with E-state index in [1.165, 1.54) is 0 Å². The van der Waals surface area contributed by atoms with Gasteiger partial charge in [-0.25, -0.2) is 0 Å². The molecule has 2 N–H and O–H groups in total. The van der Waals surface area contributed by atoms with Crippen LogP contribution >= 0.6 is 55.1 Å². The lowest BCUT2D eigenvalue weighted by Crippen LogP contribution is -2.32. The van der Waals surface area contributed by atoms with E-state index in [0.717, 1.165) is 0 Å². The summed E-state index contributed by atoms with van der Waals surface area (Å²) in [6, 6.07) is 0. The summed E-state index contributed by atoms with van der Waals surface area (Å²) in [5.41, 5.74) is 0. The SMILES string of the molecule is OC(O)C(Cl)C(Br)C(Cl)Br. The third-order valence-corrected chi connectivity index (χ3v) is 4.58. The molecule has 3 unspecified atom stereocenters. The van der Waals surface area contributed by atoms with Crippen LogP contribution in [0.4, 0.5) is 0 Å². The van der Waals surface area contributed by atoms with E-state index in [-0.39, 0.29) is 4.83 Å². The van der Waals surface area contributed by atoms with E-state index in [2.05, 4.69) is 31.9 Å². The maximum Gasteiger partial charge on any atom is 0.169 e. The van der Waals surface area contributed by atoms with Crippen LogP contribution in [0.1, 0.15) is 0 Å². The molecule has 0 radical (unpaired) electrons. The van der Waals surface area contributed by atoms with Gasteiger partial charge in [0.25, 0.3) is 0 Å². The summed E-state index contributed by atoms with van der Waals surface area (Å²) < 4.78 is -0.420. The van der Waals surface area contributed by atoms with Crippen molar-refractivity contribution in [2.45, 2.75) is 20.8 Å². The molecule has 0 heterocycles. The van der Waals surface area contributed by atoms with Crippen LogP contribution in [-0.4, -0.2) is 31.0 Å². The minimum absolute atomic E-state index is 0.379. The van der Waals surface area contributed by atoms with Crippen molar-refractivity contribution in [1.82, 2.24) is 0 Å². The molecule has 0 aromatic heterocycles. The summed E-state index contributed by atoms with van der Waals surface area (Å²) in [4.78, 5) is -0.379. The number of rotatable bonds is 3. The smallest absolute Gasteiger partial charge is 0.169 e. The third-order valence-electron chi connectivity index (χ3n) is 0.830. The molecule has 0 aliphatic carbocycles. The monoisotopic (exact) mass is 314 g/mol. The first-order valence-corrected chi connectivity index (χ1v) is 5.09. The first-order chi connectivity index (χ1) is 4.46. The first-order valence-electron chi connectivity index (χ1n) is 2.39. The van der Waals surface area contributed by atoms with Gasteiger partial charge in [-0.05, 0) is 0 Å². The highest BCUT2D eigenvalue weighted by molar-refractivity contribution is 9.12. The molecule has 0 aliphatic heterocycles. The van der Waals surface area contributed by atoms with Gasteiger partial charge in [0.15, 0.2) is 6.29 Å². The molecule has 0 saturated heterocycles. The molecule has 6 heteroatoms. The highest BCUT2D eigenvalue weighted by atomic mass is 79.9. The van der Waals surface area contributed by atoms with Crippen LogP contribution in [0.15, 0.2) is 0 Å². The molecule has 0 spiro atoms. The van der Waals surface area contributed by atoms with Gasteiger partial charge in [0.2, 0.25) is 0 Å². The zero-order valence-electron chi connectivity index (χ0n) is 4.72. The fourth-order valence-corrected chi connectivity index (χ4v) is 1.46. The molecule has 0 saturated carbocycles. The molecule has 0 rings (SSSR count). The Bertz CT molecular complexity index is 89.3. The van der Waals surface area contributed by atoms with Crippen LogP contribution < -0.4 is 0 Å². The van der Waals surface area contributed by atoms with Crippen LogP contribution in [0.3, 0.4) is 0 Å². The summed E-state index contributed by atoms with van der Waals surface area (Å²) in [5.74, 6) is 0. The Balaban J connectivity index is 3.81. The topological polar surface area (TPSA) is 40.5 Å². The number of hydrogen-bond acceptors (Lipinski definition) is 2. The number of halogens is 4. The molecule has 3 atom stereocenters. The average Bonchev–Trinajstić information content (AvgIpc) is 1.84. The molecule has 0 amide bonds. The van der Waals surface area contributed by atoms with Crippen molar-refractivity contribution in [3.05, 3.63) is 0 Å². The van der Waals surface area contributed by atoms with Crippen LogP contribution in [0.5, 0.6) is 0 Å². The van der Waals surface area contributed by atoms with Crippen molar-refractivity contribution < 1.29 is 10.2 Å². The Morgan fingerprint density at radius 2 is 1.50 bits per heavy atom. The van der Waals surface area contributed by atoms with Gasteiger partial charge in [-0.2, -0.15) is 0 Å². The van der Waals surface area contributed by atoms with Gasteiger partial charge in [0, 0.05) is 0 Å². The predicted molar refractivity (Wildman–Crippen MR) is 49.1 cm³/mol. The summed E-state index contributed by atoms with van der Waals surface area (Å²) in [6.07, 6.45) is -1.56. The van der Waals surface area contributed by atoms with Crippen LogP contribution in [0, 0.1) is 0 Å². The Hall–Kier alpha value is 1.46. The van der Waals surface area contributed by atoms with Crippen LogP contribution in [0.25, 0.3) is 0 Å². The van der Waals surface area contributed by atoms with Crippen molar-refractivity contribution in [3.63, 3.8) is 0 Å². The summed E-state index contributed by atoms with van der Waals surface area (Å²) in [7, 11) is 0. The van der Waals surface area contributed by atoms with Gasteiger partial charge in [0.1, 0.15) is 4.29 Å². The number of alkyl halides is 4. The third kappa shape index (κ3) is 3.74. The first kappa shape index (κ1) is 11.5. The van der Waals surface area contributed by atoms with Gasteiger partial charge in [-0.1, -0.05) is 31.9 Å². The van der Waals surface area contributed by atoms with Gasteiger partial charge in [0.05, 0.1) is 10.2 Å². The Morgan fingerprint density at radius 3 is 1.60 bits per heavy atom. The van der Waals surface area contributed by atoms with Crippen molar-refractivity contribution >= 4 is 55.1 Å². The lowest BCUT2D eigenvalue weighted by atomic mass is 10.3. The summed E-state index contributed by atoms with van der Waals surface area (Å²) in [6.45, 7) is 0. The molecule has 0 bridgehead atoms. The maximum atomic E-state index is 8.55. The molecule has 0 aliphatic rings. The summed E-state index contributed by atoms with van der Waals surface area (Å²) in [5, 5.41) is 16.3. The number of aliphatic hydroxyl groups excluding tert-OH is 1. The van der Waals surface area contributed by atoms with E-state index in [9.17, 15) is 0 Å². The minimum Gasteiger partial charge on any atom is -0.367 e. The Labute approximate surface area is 85.8 Å². The van der Waals surface area contributed by atoms with Gasteiger partial charge in [-0.3, -0.25) is 0 Å². The molecular weight excluding hydrogens is 311 g/mol. The molecule has 10 heavy (non-hydrogen) atoms. The summed E-state index contributed by atoms with van der Waals surface area (Å²) >= 11 is 17.1. The second kappa shape index (κ2) is 5.17. The zero-order chi connectivity index (χ0) is 8.31. The van der Waals surface area contributed by atoms with Crippen molar-refractivity contribution in [2.75, 3.05) is 0 Å². The minimum atomic E-state index is -1.56. The normalized spacial score (nSPS) is 20.7. The maximum absolute atomic E-state index is 8.55. The van der Waals surface area contributed by atoms with Crippen LogP contribution in [-0.2, 0) is 0 Å². The molecule has 62 valence electrons. The fraction of sp³-hybridized carbons (Fsp3) is 1.00. The lowest BCUT2D eigenvalue weighted by Gasteiger charge is -2.18. The van der Waals surface area contributed by atoms with E-state index < -0.39 is 16.0 Å². The molecule has 0 aromatic rings. The van der Waals surface area contributed by atoms with Crippen molar-refractivity contribution in [1.29, 1.82) is 0 Å². The molecule has 0 aromatic carbocycles. The number of aliphatic hydroxyl groups is 2. The van der Waals surface area contributed by atoms with E-state index in [1.54, 1.807) is 0 Å². The van der Waals surface area contributed by atoms with Gasteiger partial charge < -0.3 is 10.2 Å². The van der Waals surface area contributed by atoms with E-state index in [0.29, 0.717) is 0 Å². The second-order valence-electron chi connectivity index (χ2n) is 1.64. The average molecular weight is 317 g/mol. The highest BCUT2D eigenvalue weighted by Gasteiger charge is 2.27. The van der Waals surface area contributed by atoms with Gasteiger partial charge in [-0.15, -0.1) is 23.2 Å². The van der Waals surface area contributed by atoms with E-state index >= 15 is 0 Å². The second-order valence-corrected chi connectivity index (χ2v) is 5.18. The highest BCUT2D eigenvalue weighted by Crippen LogP contribution is 2.25. The van der Waals surface area contributed by atoms with Crippen molar-refractivity contribution in [3.8, 4) is 0 Å². The fourth-order valence-electron chi connectivity index (χ4n) is 0.303. The predicted octanol–water partition coefficient (Wildman–Crippen LogP) is 1.63. The lowest BCUT2D eigenvalue weighted by molar-refractivity contribution is -0.0408. The molecule has 2 nitrogen and oxygen atoms in total. The Kier molecular flexibility index (Phi) is 5.92. The van der Waals surface area contributed by atoms with E-state index in [1.807, 2.05) is 0 Å².